The molecule has 0 radical (unpaired) electrons. The number of amides is 1. The molecule has 1 amide bonds. The summed E-state index contributed by atoms with van der Waals surface area (Å²) in [5, 5.41) is 3.66. The predicted octanol–water partition coefficient (Wildman–Crippen LogP) is 3.47. The number of hydrogen-bond donors (Lipinski definition) is 2. The third kappa shape index (κ3) is 2.79. The van der Waals surface area contributed by atoms with Gasteiger partial charge >= 0.3 is 0 Å². The molecule has 0 saturated heterocycles. The molecule has 2 heterocycles. The Bertz CT molecular complexity index is 825. The van der Waals surface area contributed by atoms with E-state index in [-0.39, 0.29) is 12.5 Å². The van der Waals surface area contributed by atoms with Gasteiger partial charge in [-0.1, -0.05) is 22.0 Å². The van der Waals surface area contributed by atoms with E-state index in [9.17, 15) is 4.79 Å². The Hall–Kier alpha value is -1.86. The lowest BCUT2D eigenvalue weighted by molar-refractivity contribution is 0.0952. The van der Waals surface area contributed by atoms with Crippen LogP contribution in [0, 0.1) is 6.92 Å². The van der Waals surface area contributed by atoms with Gasteiger partial charge in [-0.3, -0.25) is 4.79 Å². The third-order valence-electron chi connectivity index (χ3n) is 2.97. The molecule has 0 atom stereocenters. The molecule has 0 unspecified atom stereocenters. The highest BCUT2D eigenvalue weighted by molar-refractivity contribution is 9.10. The Kier molecular flexibility index (Phi) is 3.69. The van der Waals surface area contributed by atoms with E-state index < -0.39 is 0 Å². The summed E-state index contributed by atoms with van der Waals surface area (Å²) in [6.07, 6.45) is 1.62. The number of aryl methyl sites for hydroxylation is 1. The molecular formula is C14H12BrN3O2S. The standard InChI is InChI=1S/C14H12BrN3O2S/c1-7-5-17-11(20-7)6-18-14(19)13-12(16)9-3-2-8(15)4-10(9)21-13/h2-5H,6,16H2,1H3,(H,18,19). The number of halogens is 1. The Morgan fingerprint density at radius 2 is 2.33 bits per heavy atom. The van der Waals surface area contributed by atoms with Crippen molar-refractivity contribution in [2.45, 2.75) is 13.5 Å². The number of anilines is 1. The first kappa shape index (κ1) is 14.1. The molecule has 3 aromatic rings. The first-order valence-electron chi connectivity index (χ1n) is 6.21. The monoisotopic (exact) mass is 365 g/mol. The summed E-state index contributed by atoms with van der Waals surface area (Å²) in [7, 11) is 0. The highest BCUT2D eigenvalue weighted by Crippen LogP contribution is 2.35. The lowest BCUT2D eigenvalue weighted by Crippen LogP contribution is -2.22. The molecule has 0 aliphatic heterocycles. The van der Waals surface area contributed by atoms with Crippen LogP contribution < -0.4 is 11.1 Å². The Morgan fingerprint density at radius 1 is 1.52 bits per heavy atom. The van der Waals surface area contributed by atoms with E-state index in [1.54, 1.807) is 13.1 Å². The summed E-state index contributed by atoms with van der Waals surface area (Å²) in [5.74, 6) is 0.967. The number of benzene rings is 1. The maximum atomic E-state index is 12.2. The fourth-order valence-electron chi connectivity index (χ4n) is 1.98. The van der Waals surface area contributed by atoms with Crippen LogP contribution in [-0.4, -0.2) is 10.9 Å². The highest BCUT2D eigenvalue weighted by Gasteiger charge is 2.16. The van der Waals surface area contributed by atoms with E-state index in [4.69, 9.17) is 10.2 Å². The Morgan fingerprint density at radius 3 is 3.05 bits per heavy atom. The van der Waals surface area contributed by atoms with Crippen molar-refractivity contribution in [3.05, 3.63) is 45.4 Å². The average Bonchev–Trinajstić information content (AvgIpc) is 3.00. The first-order valence-corrected chi connectivity index (χ1v) is 7.82. The van der Waals surface area contributed by atoms with Crippen LogP contribution in [0.3, 0.4) is 0 Å². The fraction of sp³-hybridized carbons (Fsp3) is 0.143. The van der Waals surface area contributed by atoms with Gasteiger partial charge in [0.1, 0.15) is 10.6 Å². The zero-order valence-corrected chi connectivity index (χ0v) is 13.5. The molecule has 0 aliphatic rings. The average molecular weight is 366 g/mol. The van der Waals surface area contributed by atoms with Crippen LogP contribution in [0.2, 0.25) is 0 Å². The quantitative estimate of drug-likeness (QED) is 0.744. The molecule has 0 aliphatic carbocycles. The summed E-state index contributed by atoms with van der Waals surface area (Å²) in [5.41, 5.74) is 6.56. The number of nitrogen functional groups attached to an aromatic ring is 1. The normalized spacial score (nSPS) is 11.0. The van der Waals surface area contributed by atoms with E-state index >= 15 is 0 Å². The molecule has 7 heteroatoms. The topological polar surface area (TPSA) is 81.2 Å². The van der Waals surface area contributed by atoms with Crippen LogP contribution in [0.25, 0.3) is 10.1 Å². The third-order valence-corrected chi connectivity index (χ3v) is 4.63. The second-order valence-electron chi connectivity index (χ2n) is 4.53. The zero-order chi connectivity index (χ0) is 15.0. The number of rotatable bonds is 3. The Labute approximate surface area is 133 Å². The van der Waals surface area contributed by atoms with Gasteiger partial charge in [0, 0.05) is 14.6 Å². The summed E-state index contributed by atoms with van der Waals surface area (Å²) in [6, 6.07) is 5.76. The van der Waals surface area contributed by atoms with E-state index in [1.165, 1.54) is 11.3 Å². The molecule has 0 saturated carbocycles. The van der Waals surface area contributed by atoms with Crippen molar-refractivity contribution in [2.24, 2.45) is 0 Å². The van der Waals surface area contributed by atoms with Crippen LogP contribution in [0.5, 0.6) is 0 Å². The number of nitrogens with one attached hydrogen (secondary N) is 1. The summed E-state index contributed by atoms with van der Waals surface area (Å²) in [4.78, 5) is 16.8. The van der Waals surface area contributed by atoms with Gasteiger partial charge < -0.3 is 15.5 Å². The molecule has 1 aromatic carbocycles. The van der Waals surface area contributed by atoms with Crippen LogP contribution in [-0.2, 0) is 6.54 Å². The van der Waals surface area contributed by atoms with Gasteiger partial charge in [0.2, 0.25) is 5.89 Å². The SMILES string of the molecule is Cc1cnc(CNC(=O)c2sc3cc(Br)ccc3c2N)o1. The van der Waals surface area contributed by atoms with Crippen molar-refractivity contribution in [1.82, 2.24) is 10.3 Å². The second-order valence-corrected chi connectivity index (χ2v) is 6.50. The maximum absolute atomic E-state index is 12.2. The number of carbonyl (C=O) groups excluding carboxylic acids is 1. The zero-order valence-electron chi connectivity index (χ0n) is 11.1. The number of aromatic nitrogens is 1. The van der Waals surface area contributed by atoms with Gasteiger partial charge in [-0.2, -0.15) is 0 Å². The summed E-state index contributed by atoms with van der Waals surface area (Å²) >= 11 is 4.78. The molecule has 3 N–H and O–H groups in total. The van der Waals surface area contributed by atoms with Gasteiger partial charge in [-0.05, 0) is 19.1 Å². The lowest BCUT2D eigenvalue weighted by Gasteiger charge is -2.01. The van der Waals surface area contributed by atoms with Crippen LogP contribution in [0.15, 0.2) is 33.3 Å². The molecule has 21 heavy (non-hydrogen) atoms. The first-order chi connectivity index (χ1) is 10.0. The molecule has 3 rings (SSSR count). The highest BCUT2D eigenvalue weighted by atomic mass is 79.9. The number of carbonyl (C=O) groups is 1. The summed E-state index contributed by atoms with van der Waals surface area (Å²) < 4.78 is 7.24. The van der Waals surface area contributed by atoms with Crippen molar-refractivity contribution >= 4 is 48.9 Å². The molecule has 5 nitrogen and oxygen atoms in total. The minimum Gasteiger partial charge on any atom is -0.444 e. The van der Waals surface area contributed by atoms with Gasteiger partial charge in [-0.15, -0.1) is 11.3 Å². The Balaban J connectivity index is 1.82. The minimum absolute atomic E-state index is 0.222. The fourth-order valence-corrected chi connectivity index (χ4v) is 3.57. The molecule has 108 valence electrons. The minimum atomic E-state index is -0.222. The predicted molar refractivity (Wildman–Crippen MR) is 86.3 cm³/mol. The van der Waals surface area contributed by atoms with Crippen molar-refractivity contribution in [2.75, 3.05) is 5.73 Å². The molecule has 0 spiro atoms. The smallest absolute Gasteiger partial charge is 0.263 e. The number of hydrogen-bond acceptors (Lipinski definition) is 5. The van der Waals surface area contributed by atoms with Crippen LogP contribution >= 0.6 is 27.3 Å². The molecule has 2 aromatic heterocycles. The molecule has 0 fully saturated rings. The largest absolute Gasteiger partial charge is 0.444 e. The van der Waals surface area contributed by atoms with Crippen molar-refractivity contribution in [3.8, 4) is 0 Å². The number of thiophene rings is 1. The van der Waals surface area contributed by atoms with E-state index in [0.29, 0.717) is 22.2 Å². The van der Waals surface area contributed by atoms with E-state index in [2.05, 4.69) is 26.2 Å². The van der Waals surface area contributed by atoms with Crippen molar-refractivity contribution in [1.29, 1.82) is 0 Å². The van der Waals surface area contributed by atoms with E-state index in [0.717, 1.165) is 14.6 Å². The van der Waals surface area contributed by atoms with Crippen molar-refractivity contribution < 1.29 is 9.21 Å². The van der Waals surface area contributed by atoms with Gasteiger partial charge in [0.25, 0.3) is 5.91 Å². The number of oxazole rings is 1. The summed E-state index contributed by atoms with van der Waals surface area (Å²) in [6.45, 7) is 2.05. The van der Waals surface area contributed by atoms with E-state index in [1.807, 2.05) is 18.2 Å². The van der Waals surface area contributed by atoms with Crippen LogP contribution in [0.1, 0.15) is 21.3 Å². The lowest BCUT2D eigenvalue weighted by atomic mass is 10.2. The van der Waals surface area contributed by atoms with Gasteiger partial charge in [0.05, 0.1) is 18.4 Å². The number of fused-ring (bicyclic) bond motifs is 1. The second kappa shape index (κ2) is 5.50. The van der Waals surface area contributed by atoms with Crippen LogP contribution in [0.4, 0.5) is 5.69 Å². The van der Waals surface area contributed by atoms with Gasteiger partial charge in [-0.25, -0.2) is 4.98 Å². The number of nitrogens with two attached hydrogens (primary N) is 1. The van der Waals surface area contributed by atoms with Crippen molar-refractivity contribution in [3.63, 3.8) is 0 Å². The molecule has 0 bridgehead atoms. The maximum Gasteiger partial charge on any atom is 0.263 e. The molecular weight excluding hydrogens is 354 g/mol. The van der Waals surface area contributed by atoms with Gasteiger partial charge in [0.15, 0.2) is 0 Å². The number of nitrogens with zero attached hydrogens (tertiary/aromatic N) is 1.